The van der Waals surface area contributed by atoms with Crippen LogP contribution in [0.15, 0.2) is 54.6 Å². The lowest BCUT2D eigenvalue weighted by Gasteiger charge is -2.09. The summed E-state index contributed by atoms with van der Waals surface area (Å²) in [5.74, 6) is -0.177. The SMILES string of the molecule is Nc1ccc(-c2nc3ccc(O)cc3s2)cc1O.Nc1ccc(O)cc1C(F)(F)F. The van der Waals surface area contributed by atoms with E-state index < -0.39 is 17.5 Å². The molecule has 6 nitrogen and oxygen atoms in total. The summed E-state index contributed by atoms with van der Waals surface area (Å²) in [7, 11) is 0. The van der Waals surface area contributed by atoms with E-state index in [1.807, 2.05) is 6.07 Å². The van der Waals surface area contributed by atoms with Crippen molar-refractivity contribution in [3.63, 3.8) is 0 Å². The van der Waals surface area contributed by atoms with Gasteiger partial charge in [-0.2, -0.15) is 13.2 Å². The van der Waals surface area contributed by atoms with Crippen LogP contribution < -0.4 is 11.5 Å². The molecule has 4 aromatic rings. The van der Waals surface area contributed by atoms with Gasteiger partial charge in [-0.1, -0.05) is 0 Å². The van der Waals surface area contributed by atoms with Gasteiger partial charge in [-0.05, 0) is 54.6 Å². The molecule has 3 aromatic carbocycles. The minimum atomic E-state index is -4.51. The molecule has 7 N–H and O–H groups in total. The molecule has 156 valence electrons. The first-order valence-electron chi connectivity index (χ1n) is 8.38. The molecular formula is C20H16F3N3O3S. The molecule has 0 unspecified atom stereocenters. The largest absolute Gasteiger partial charge is 0.508 e. The Kier molecular flexibility index (Phi) is 5.61. The molecule has 0 atom stereocenters. The molecule has 0 bridgehead atoms. The van der Waals surface area contributed by atoms with Gasteiger partial charge in [0.2, 0.25) is 0 Å². The van der Waals surface area contributed by atoms with E-state index in [4.69, 9.17) is 16.6 Å². The second-order valence-corrected chi connectivity index (χ2v) is 7.24. The second-order valence-electron chi connectivity index (χ2n) is 6.21. The summed E-state index contributed by atoms with van der Waals surface area (Å²) in [6.45, 7) is 0. The smallest absolute Gasteiger partial charge is 0.418 e. The standard InChI is InChI=1S/C13H10N2O2S.C7H6F3NO/c14-9-3-1-7(5-11(9)17)13-15-10-4-2-8(16)6-12(10)18-13;8-7(9,10)5-3-4(12)1-2-6(5)11/h1-6,16-17H,14H2;1-3,12H,11H2. The molecule has 1 aromatic heterocycles. The number of hydrogen-bond acceptors (Lipinski definition) is 7. The maximum atomic E-state index is 12.0. The average Bonchev–Trinajstić information content (AvgIpc) is 3.09. The van der Waals surface area contributed by atoms with Gasteiger partial charge in [-0.15, -0.1) is 11.3 Å². The van der Waals surface area contributed by atoms with Gasteiger partial charge >= 0.3 is 6.18 Å². The number of nitrogen functional groups attached to an aromatic ring is 2. The lowest BCUT2D eigenvalue weighted by Crippen LogP contribution is -2.08. The Morgan fingerprint density at radius 2 is 1.43 bits per heavy atom. The van der Waals surface area contributed by atoms with E-state index in [0.29, 0.717) is 11.8 Å². The van der Waals surface area contributed by atoms with Gasteiger partial charge in [0.1, 0.15) is 22.3 Å². The molecule has 0 amide bonds. The zero-order chi connectivity index (χ0) is 22.1. The summed E-state index contributed by atoms with van der Waals surface area (Å²) in [5.41, 5.74) is 11.2. The van der Waals surface area contributed by atoms with Gasteiger partial charge in [-0.25, -0.2) is 4.98 Å². The number of rotatable bonds is 1. The third-order valence-electron chi connectivity index (χ3n) is 3.99. The van der Waals surface area contributed by atoms with Crippen LogP contribution in [-0.4, -0.2) is 20.3 Å². The van der Waals surface area contributed by atoms with Crippen LogP contribution in [0.2, 0.25) is 0 Å². The van der Waals surface area contributed by atoms with Gasteiger partial charge in [0.15, 0.2) is 0 Å². The lowest BCUT2D eigenvalue weighted by atomic mass is 10.1. The summed E-state index contributed by atoms with van der Waals surface area (Å²) in [6.07, 6.45) is -4.51. The van der Waals surface area contributed by atoms with Crippen LogP contribution >= 0.6 is 11.3 Å². The lowest BCUT2D eigenvalue weighted by molar-refractivity contribution is -0.137. The van der Waals surface area contributed by atoms with Gasteiger partial charge in [0, 0.05) is 11.3 Å². The molecule has 10 heteroatoms. The highest BCUT2D eigenvalue weighted by atomic mass is 32.1. The minimum Gasteiger partial charge on any atom is -0.508 e. The number of hydrogen-bond donors (Lipinski definition) is 5. The summed E-state index contributed by atoms with van der Waals surface area (Å²) >= 11 is 1.46. The fourth-order valence-electron chi connectivity index (χ4n) is 2.50. The van der Waals surface area contributed by atoms with Crippen LogP contribution in [0.25, 0.3) is 20.8 Å². The molecule has 1 heterocycles. The van der Waals surface area contributed by atoms with Crippen LogP contribution in [0, 0.1) is 0 Å². The fraction of sp³-hybridized carbons (Fsp3) is 0.0500. The number of phenols is 3. The zero-order valence-corrected chi connectivity index (χ0v) is 16.0. The molecule has 0 aliphatic heterocycles. The van der Waals surface area contributed by atoms with Crippen molar-refractivity contribution in [1.29, 1.82) is 0 Å². The number of halogens is 3. The van der Waals surface area contributed by atoms with E-state index in [1.54, 1.807) is 30.3 Å². The average molecular weight is 435 g/mol. The first-order chi connectivity index (χ1) is 14.0. The topological polar surface area (TPSA) is 126 Å². The molecular weight excluding hydrogens is 419 g/mol. The number of thiazole rings is 1. The van der Waals surface area contributed by atoms with E-state index in [1.165, 1.54) is 11.3 Å². The zero-order valence-electron chi connectivity index (χ0n) is 15.2. The number of benzene rings is 3. The number of phenolic OH excluding ortho intramolecular Hbond substituents is 3. The van der Waals surface area contributed by atoms with Crippen LogP contribution in [-0.2, 0) is 6.18 Å². The molecule has 0 radical (unpaired) electrons. The van der Waals surface area contributed by atoms with E-state index in [9.17, 15) is 23.4 Å². The first kappa shape index (κ1) is 21.1. The predicted molar refractivity (Wildman–Crippen MR) is 110 cm³/mol. The van der Waals surface area contributed by atoms with E-state index in [-0.39, 0.29) is 17.2 Å². The van der Waals surface area contributed by atoms with Crippen LogP contribution in [0.4, 0.5) is 24.5 Å². The number of nitrogens with two attached hydrogens (primary N) is 2. The third kappa shape index (κ3) is 4.66. The number of nitrogens with zero attached hydrogens (tertiary/aromatic N) is 1. The van der Waals surface area contributed by atoms with E-state index in [2.05, 4.69) is 4.98 Å². The Labute approximate surface area is 172 Å². The molecule has 0 aliphatic carbocycles. The van der Waals surface area contributed by atoms with Crippen molar-refractivity contribution in [3.8, 4) is 27.8 Å². The molecule has 30 heavy (non-hydrogen) atoms. The van der Waals surface area contributed by atoms with Crippen molar-refractivity contribution >= 4 is 32.9 Å². The van der Waals surface area contributed by atoms with Crippen LogP contribution in [0.5, 0.6) is 17.2 Å². The summed E-state index contributed by atoms with van der Waals surface area (Å²) < 4.78 is 37.0. The molecule has 0 saturated carbocycles. The summed E-state index contributed by atoms with van der Waals surface area (Å²) in [5, 5.41) is 28.5. The maximum Gasteiger partial charge on any atom is 0.418 e. The Morgan fingerprint density at radius 1 is 0.800 bits per heavy atom. The highest BCUT2D eigenvalue weighted by molar-refractivity contribution is 7.21. The van der Waals surface area contributed by atoms with Crippen molar-refractivity contribution in [3.05, 3.63) is 60.2 Å². The molecule has 0 fully saturated rings. The minimum absolute atomic E-state index is 0.0506. The van der Waals surface area contributed by atoms with Crippen LogP contribution in [0.3, 0.4) is 0 Å². The molecule has 0 aliphatic rings. The van der Waals surface area contributed by atoms with E-state index >= 15 is 0 Å². The van der Waals surface area contributed by atoms with Crippen molar-refractivity contribution in [2.45, 2.75) is 6.18 Å². The Balaban J connectivity index is 0.000000187. The highest BCUT2D eigenvalue weighted by Crippen LogP contribution is 2.36. The van der Waals surface area contributed by atoms with Crippen molar-refractivity contribution in [2.75, 3.05) is 11.5 Å². The number of fused-ring (bicyclic) bond motifs is 1. The highest BCUT2D eigenvalue weighted by Gasteiger charge is 2.33. The second kappa shape index (κ2) is 7.99. The van der Waals surface area contributed by atoms with E-state index in [0.717, 1.165) is 32.9 Å². The Bertz CT molecular complexity index is 1210. The number of aromatic nitrogens is 1. The van der Waals surface area contributed by atoms with Gasteiger partial charge in [0.05, 0.1) is 21.5 Å². The normalized spacial score (nSPS) is 11.2. The Morgan fingerprint density at radius 3 is 2.07 bits per heavy atom. The maximum absolute atomic E-state index is 12.0. The van der Waals surface area contributed by atoms with Gasteiger partial charge < -0.3 is 26.8 Å². The third-order valence-corrected chi connectivity index (χ3v) is 5.06. The van der Waals surface area contributed by atoms with Crippen LogP contribution in [0.1, 0.15) is 5.56 Å². The van der Waals surface area contributed by atoms with Gasteiger partial charge in [0.25, 0.3) is 0 Å². The van der Waals surface area contributed by atoms with Gasteiger partial charge in [-0.3, -0.25) is 0 Å². The quantitative estimate of drug-likeness (QED) is 0.164. The Hall–Kier alpha value is -3.66. The summed E-state index contributed by atoms with van der Waals surface area (Å²) in [4.78, 5) is 4.45. The number of anilines is 2. The number of alkyl halides is 3. The molecule has 0 spiro atoms. The predicted octanol–water partition coefficient (Wildman–Crippen LogP) is 4.95. The van der Waals surface area contributed by atoms with Crippen molar-refractivity contribution < 1.29 is 28.5 Å². The monoisotopic (exact) mass is 435 g/mol. The molecule has 4 rings (SSSR count). The summed E-state index contributed by atoms with van der Waals surface area (Å²) in [6, 6.07) is 12.8. The fourth-order valence-corrected chi connectivity index (χ4v) is 3.50. The number of aromatic hydroxyl groups is 3. The molecule has 0 saturated heterocycles. The first-order valence-corrected chi connectivity index (χ1v) is 9.20. The van der Waals surface area contributed by atoms with Crippen molar-refractivity contribution in [1.82, 2.24) is 4.98 Å². The van der Waals surface area contributed by atoms with Crippen molar-refractivity contribution in [2.24, 2.45) is 0 Å².